The zero-order chi connectivity index (χ0) is 15.7. The molecule has 3 nitrogen and oxygen atoms in total. The molecule has 2 rings (SSSR count). The summed E-state index contributed by atoms with van der Waals surface area (Å²) in [5.74, 6) is -0.503. The molecule has 0 atom stereocenters. The zero-order valence-corrected chi connectivity index (χ0v) is 11.8. The standard InChI is InChI=1S/C13H8ClF3O3S/c14-12-8-10(20-21(18,19)13(15,16)17)6-7-11(12)9-4-2-1-3-5-9/h1-8H. The number of halogens is 4. The average molecular weight is 337 g/mol. The van der Waals surface area contributed by atoms with E-state index in [-0.39, 0.29) is 5.02 Å². The van der Waals surface area contributed by atoms with Crippen LogP contribution in [0.25, 0.3) is 11.1 Å². The van der Waals surface area contributed by atoms with Gasteiger partial charge in [-0.15, -0.1) is 0 Å². The van der Waals surface area contributed by atoms with Gasteiger partial charge in [-0.3, -0.25) is 0 Å². The van der Waals surface area contributed by atoms with Crippen LogP contribution in [0.1, 0.15) is 0 Å². The summed E-state index contributed by atoms with van der Waals surface area (Å²) in [4.78, 5) is 0. The molecule has 2 aromatic rings. The summed E-state index contributed by atoms with van der Waals surface area (Å²) in [6, 6.07) is 12.4. The first kappa shape index (κ1) is 15.7. The van der Waals surface area contributed by atoms with Crippen molar-refractivity contribution in [3.05, 3.63) is 53.6 Å². The van der Waals surface area contributed by atoms with Gasteiger partial charge in [0.1, 0.15) is 5.75 Å². The second kappa shape index (κ2) is 5.57. The van der Waals surface area contributed by atoms with E-state index in [0.717, 1.165) is 17.7 Å². The lowest BCUT2D eigenvalue weighted by Crippen LogP contribution is -2.28. The summed E-state index contributed by atoms with van der Waals surface area (Å²) in [7, 11) is -5.70. The average Bonchev–Trinajstić information content (AvgIpc) is 2.38. The summed E-state index contributed by atoms with van der Waals surface area (Å²) in [6.07, 6.45) is 0. The molecule has 0 fully saturated rings. The summed E-state index contributed by atoms with van der Waals surface area (Å²) in [5, 5.41) is 0.0797. The highest BCUT2D eigenvalue weighted by Crippen LogP contribution is 2.33. The molecule has 2 aromatic carbocycles. The highest BCUT2D eigenvalue weighted by atomic mass is 35.5. The SMILES string of the molecule is O=S(=O)(Oc1ccc(-c2ccccc2)c(Cl)c1)C(F)(F)F. The molecule has 0 heterocycles. The largest absolute Gasteiger partial charge is 0.534 e. The Morgan fingerprint density at radius 3 is 2.14 bits per heavy atom. The lowest BCUT2D eigenvalue weighted by Gasteiger charge is -2.11. The monoisotopic (exact) mass is 336 g/mol. The highest BCUT2D eigenvalue weighted by Gasteiger charge is 2.48. The van der Waals surface area contributed by atoms with Crippen LogP contribution < -0.4 is 4.18 Å². The van der Waals surface area contributed by atoms with Gasteiger partial charge in [0.2, 0.25) is 0 Å². The van der Waals surface area contributed by atoms with Gasteiger partial charge >= 0.3 is 15.6 Å². The summed E-state index contributed by atoms with van der Waals surface area (Å²) < 4.78 is 62.4. The number of hydrogen-bond acceptors (Lipinski definition) is 3. The van der Waals surface area contributed by atoms with Crippen LogP contribution in [-0.2, 0) is 10.1 Å². The Bertz CT molecular complexity index is 743. The summed E-state index contributed by atoms with van der Waals surface area (Å²) >= 11 is 5.95. The highest BCUT2D eigenvalue weighted by molar-refractivity contribution is 7.88. The third-order valence-electron chi connectivity index (χ3n) is 2.51. The molecule has 0 aromatic heterocycles. The molecule has 0 saturated carbocycles. The molecular formula is C13H8ClF3O3S. The van der Waals surface area contributed by atoms with Gasteiger partial charge in [0.25, 0.3) is 0 Å². The zero-order valence-electron chi connectivity index (χ0n) is 10.3. The molecule has 0 aliphatic carbocycles. The third kappa shape index (κ3) is 3.48. The Kier molecular flexibility index (Phi) is 4.15. The molecule has 0 unspecified atom stereocenters. The lowest BCUT2D eigenvalue weighted by atomic mass is 10.1. The number of hydrogen-bond donors (Lipinski definition) is 0. The van der Waals surface area contributed by atoms with Crippen LogP contribution in [0.4, 0.5) is 13.2 Å². The van der Waals surface area contributed by atoms with E-state index in [9.17, 15) is 21.6 Å². The molecule has 0 saturated heterocycles. The minimum atomic E-state index is -5.70. The molecule has 21 heavy (non-hydrogen) atoms. The number of rotatable bonds is 3. The van der Waals surface area contributed by atoms with Crippen molar-refractivity contribution in [1.82, 2.24) is 0 Å². The Morgan fingerprint density at radius 1 is 1.00 bits per heavy atom. The van der Waals surface area contributed by atoms with Gasteiger partial charge in [-0.1, -0.05) is 41.9 Å². The van der Waals surface area contributed by atoms with Gasteiger partial charge in [-0.25, -0.2) is 0 Å². The predicted molar refractivity (Wildman–Crippen MR) is 72.5 cm³/mol. The van der Waals surface area contributed by atoms with Crippen LogP contribution in [0.5, 0.6) is 5.75 Å². The van der Waals surface area contributed by atoms with Crippen LogP contribution >= 0.6 is 11.6 Å². The molecule has 0 aliphatic rings. The van der Waals surface area contributed by atoms with E-state index in [0.29, 0.717) is 5.56 Å². The van der Waals surface area contributed by atoms with Crippen molar-refractivity contribution in [3.8, 4) is 16.9 Å². The van der Waals surface area contributed by atoms with Crippen LogP contribution in [0.15, 0.2) is 48.5 Å². The summed E-state index contributed by atoms with van der Waals surface area (Å²) in [5.41, 5.74) is -4.20. The van der Waals surface area contributed by atoms with Crippen molar-refractivity contribution in [1.29, 1.82) is 0 Å². The molecule has 0 bridgehead atoms. The van der Waals surface area contributed by atoms with Crippen molar-refractivity contribution in [2.45, 2.75) is 5.51 Å². The fourth-order valence-corrected chi connectivity index (χ4v) is 2.30. The molecule has 8 heteroatoms. The number of alkyl halides is 3. The topological polar surface area (TPSA) is 43.4 Å². The Labute approximate surface area is 124 Å². The van der Waals surface area contributed by atoms with Gasteiger partial charge in [0.15, 0.2) is 0 Å². The number of benzene rings is 2. The van der Waals surface area contributed by atoms with Crippen LogP contribution in [0.3, 0.4) is 0 Å². The van der Waals surface area contributed by atoms with Crippen molar-refractivity contribution in [3.63, 3.8) is 0 Å². The molecule has 0 amide bonds. The first-order valence-electron chi connectivity index (χ1n) is 5.56. The van der Waals surface area contributed by atoms with E-state index in [2.05, 4.69) is 4.18 Å². The lowest BCUT2D eigenvalue weighted by molar-refractivity contribution is -0.0500. The third-order valence-corrected chi connectivity index (χ3v) is 3.81. The van der Waals surface area contributed by atoms with Crippen molar-refractivity contribution < 1.29 is 25.8 Å². The Hall–Kier alpha value is -1.73. The van der Waals surface area contributed by atoms with E-state index < -0.39 is 21.4 Å². The van der Waals surface area contributed by atoms with E-state index in [1.54, 1.807) is 30.3 Å². The minimum Gasteiger partial charge on any atom is -0.376 e. The summed E-state index contributed by atoms with van der Waals surface area (Å²) in [6.45, 7) is 0. The fourth-order valence-electron chi connectivity index (χ4n) is 1.57. The van der Waals surface area contributed by atoms with Gasteiger partial charge in [0, 0.05) is 11.6 Å². The Morgan fingerprint density at radius 2 is 1.62 bits per heavy atom. The van der Waals surface area contributed by atoms with Crippen molar-refractivity contribution in [2.75, 3.05) is 0 Å². The molecule has 0 spiro atoms. The first-order chi connectivity index (χ1) is 9.71. The minimum absolute atomic E-state index is 0.0797. The fraction of sp³-hybridized carbons (Fsp3) is 0.0769. The van der Waals surface area contributed by atoms with Gasteiger partial charge in [-0.05, 0) is 17.7 Å². The van der Waals surface area contributed by atoms with E-state index in [4.69, 9.17) is 11.6 Å². The Balaban J connectivity index is 2.33. The van der Waals surface area contributed by atoms with Crippen molar-refractivity contribution >= 4 is 21.7 Å². The maximum Gasteiger partial charge on any atom is 0.534 e. The second-order valence-electron chi connectivity index (χ2n) is 3.99. The molecule has 0 N–H and O–H groups in total. The van der Waals surface area contributed by atoms with E-state index in [1.165, 1.54) is 6.07 Å². The van der Waals surface area contributed by atoms with Crippen LogP contribution in [0, 0.1) is 0 Å². The molecule has 112 valence electrons. The van der Waals surface area contributed by atoms with E-state index in [1.807, 2.05) is 0 Å². The van der Waals surface area contributed by atoms with Gasteiger partial charge in [0.05, 0.1) is 5.02 Å². The molecular weight excluding hydrogens is 329 g/mol. The van der Waals surface area contributed by atoms with Gasteiger partial charge < -0.3 is 4.18 Å². The van der Waals surface area contributed by atoms with Crippen molar-refractivity contribution in [2.24, 2.45) is 0 Å². The smallest absolute Gasteiger partial charge is 0.376 e. The van der Waals surface area contributed by atoms with Crippen LogP contribution in [-0.4, -0.2) is 13.9 Å². The quantitative estimate of drug-likeness (QED) is 0.622. The predicted octanol–water partition coefficient (Wildman–Crippen LogP) is 4.24. The van der Waals surface area contributed by atoms with Gasteiger partial charge in [-0.2, -0.15) is 21.6 Å². The maximum atomic E-state index is 12.2. The van der Waals surface area contributed by atoms with Crippen LogP contribution in [0.2, 0.25) is 5.02 Å². The second-order valence-corrected chi connectivity index (χ2v) is 5.94. The molecule has 0 aliphatic heterocycles. The first-order valence-corrected chi connectivity index (χ1v) is 7.35. The normalized spacial score (nSPS) is 12.2. The maximum absolute atomic E-state index is 12.2. The molecule has 0 radical (unpaired) electrons. The van der Waals surface area contributed by atoms with E-state index >= 15 is 0 Å².